The van der Waals surface area contributed by atoms with Crippen molar-refractivity contribution in [1.29, 1.82) is 0 Å². The Morgan fingerprint density at radius 1 is 1.20 bits per heavy atom. The molecule has 1 saturated carbocycles. The Labute approximate surface area is 119 Å². The Balaban J connectivity index is 1.89. The van der Waals surface area contributed by atoms with Gasteiger partial charge in [-0.05, 0) is 24.8 Å². The molecular weight excluding hydrogens is 250 g/mol. The van der Waals surface area contributed by atoms with Crippen molar-refractivity contribution >= 4 is 0 Å². The molecule has 1 aromatic heterocycles. The second kappa shape index (κ2) is 5.37. The molecule has 2 N–H and O–H groups in total. The maximum atomic E-state index is 5.96. The van der Waals surface area contributed by atoms with Gasteiger partial charge in [0.15, 0.2) is 0 Å². The van der Waals surface area contributed by atoms with Crippen molar-refractivity contribution < 1.29 is 4.52 Å². The lowest BCUT2D eigenvalue weighted by molar-refractivity contribution is 0.284. The fraction of sp³-hybridized carbons (Fsp3) is 0.500. The molecule has 0 bridgehead atoms. The normalized spacial score (nSPS) is 17.5. The van der Waals surface area contributed by atoms with Crippen molar-refractivity contribution in [2.24, 2.45) is 5.73 Å². The third kappa shape index (κ3) is 2.24. The number of nitrogens with two attached hydrogens (primary N) is 1. The number of rotatable bonds is 4. The molecule has 0 atom stereocenters. The van der Waals surface area contributed by atoms with E-state index in [0.717, 1.165) is 24.8 Å². The van der Waals surface area contributed by atoms with Crippen molar-refractivity contribution in [3.8, 4) is 11.4 Å². The molecule has 1 aromatic carbocycles. The highest BCUT2D eigenvalue weighted by Gasteiger charge is 2.39. The summed E-state index contributed by atoms with van der Waals surface area (Å²) in [4.78, 5) is 4.60. The van der Waals surface area contributed by atoms with Gasteiger partial charge >= 0.3 is 0 Å². The van der Waals surface area contributed by atoms with Crippen molar-refractivity contribution in [2.45, 2.75) is 44.4 Å². The molecule has 1 heterocycles. The number of nitrogens with zero attached hydrogens (tertiary/aromatic N) is 2. The molecule has 3 rings (SSSR count). The van der Waals surface area contributed by atoms with Gasteiger partial charge in [-0.25, -0.2) is 0 Å². The molecule has 106 valence electrons. The maximum absolute atomic E-state index is 5.96. The molecular formula is C16H21N3O. The highest BCUT2D eigenvalue weighted by Crippen LogP contribution is 2.39. The first kappa shape index (κ1) is 13.3. The first-order chi connectivity index (χ1) is 9.77. The van der Waals surface area contributed by atoms with Gasteiger partial charge in [-0.2, -0.15) is 4.98 Å². The lowest BCUT2D eigenvalue weighted by Crippen LogP contribution is -2.32. The molecule has 1 aliphatic rings. The van der Waals surface area contributed by atoms with Crippen LogP contribution in [0.15, 0.2) is 28.8 Å². The minimum Gasteiger partial charge on any atom is -0.338 e. The third-order valence-corrected chi connectivity index (χ3v) is 4.45. The molecule has 0 radical (unpaired) electrons. The van der Waals surface area contributed by atoms with Gasteiger partial charge in [0.2, 0.25) is 11.7 Å². The minimum absolute atomic E-state index is 0.0887. The van der Waals surface area contributed by atoms with Crippen LogP contribution in [0.2, 0.25) is 0 Å². The lowest BCUT2D eigenvalue weighted by Gasteiger charge is -2.21. The van der Waals surface area contributed by atoms with E-state index in [1.165, 1.54) is 18.4 Å². The van der Waals surface area contributed by atoms with E-state index >= 15 is 0 Å². The average Bonchev–Trinajstić information content (AvgIpc) is 3.17. The number of aromatic nitrogens is 2. The van der Waals surface area contributed by atoms with Crippen LogP contribution in [0.1, 0.15) is 44.1 Å². The number of benzene rings is 1. The van der Waals surface area contributed by atoms with Crippen LogP contribution in [0.3, 0.4) is 0 Å². The third-order valence-electron chi connectivity index (χ3n) is 4.45. The molecule has 20 heavy (non-hydrogen) atoms. The first-order valence-corrected chi connectivity index (χ1v) is 7.41. The monoisotopic (exact) mass is 271 g/mol. The van der Waals surface area contributed by atoms with Crippen molar-refractivity contribution in [3.63, 3.8) is 0 Å². The molecule has 0 spiro atoms. The summed E-state index contributed by atoms with van der Waals surface area (Å²) in [6, 6.07) is 8.33. The largest absolute Gasteiger partial charge is 0.338 e. The Kier molecular flexibility index (Phi) is 3.57. The molecule has 0 amide bonds. The van der Waals surface area contributed by atoms with E-state index in [2.05, 4.69) is 41.3 Å². The van der Waals surface area contributed by atoms with E-state index in [4.69, 9.17) is 10.3 Å². The predicted molar refractivity (Wildman–Crippen MR) is 78.3 cm³/mol. The Morgan fingerprint density at radius 3 is 2.50 bits per heavy atom. The summed E-state index contributed by atoms with van der Waals surface area (Å²) in [6.07, 6.45) is 5.54. The summed E-state index contributed by atoms with van der Waals surface area (Å²) in [5, 5.41) is 4.14. The van der Waals surface area contributed by atoms with E-state index in [0.29, 0.717) is 18.3 Å². The van der Waals surface area contributed by atoms with Crippen LogP contribution in [0.4, 0.5) is 0 Å². The van der Waals surface area contributed by atoms with Gasteiger partial charge in [-0.3, -0.25) is 0 Å². The van der Waals surface area contributed by atoms with Gasteiger partial charge in [0.1, 0.15) is 0 Å². The van der Waals surface area contributed by atoms with Crippen LogP contribution in [0.5, 0.6) is 0 Å². The molecule has 0 saturated heterocycles. The van der Waals surface area contributed by atoms with Crippen LogP contribution in [0, 0.1) is 0 Å². The highest BCUT2D eigenvalue weighted by molar-refractivity contribution is 5.54. The van der Waals surface area contributed by atoms with Gasteiger partial charge in [0, 0.05) is 12.1 Å². The van der Waals surface area contributed by atoms with Gasteiger partial charge < -0.3 is 10.3 Å². The van der Waals surface area contributed by atoms with E-state index in [1.807, 2.05) is 0 Å². The van der Waals surface area contributed by atoms with Gasteiger partial charge in [-0.15, -0.1) is 0 Å². The van der Waals surface area contributed by atoms with E-state index in [9.17, 15) is 0 Å². The molecule has 0 aliphatic heterocycles. The summed E-state index contributed by atoms with van der Waals surface area (Å²) in [5.74, 6) is 1.38. The number of hydrogen-bond acceptors (Lipinski definition) is 4. The van der Waals surface area contributed by atoms with Crippen LogP contribution in [0.25, 0.3) is 11.4 Å². The second-order valence-corrected chi connectivity index (χ2v) is 5.67. The van der Waals surface area contributed by atoms with Crippen LogP contribution < -0.4 is 5.73 Å². The summed E-state index contributed by atoms with van der Waals surface area (Å²) >= 11 is 0. The zero-order chi connectivity index (χ0) is 14.0. The zero-order valence-electron chi connectivity index (χ0n) is 11.9. The first-order valence-electron chi connectivity index (χ1n) is 7.41. The van der Waals surface area contributed by atoms with E-state index < -0.39 is 0 Å². The maximum Gasteiger partial charge on any atom is 0.234 e. The quantitative estimate of drug-likeness (QED) is 0.928. The van der Waals surface area contributed by atoms with Crippen LogP contribution >= 0.6 is 0 Å². The predicted octanol–water partition coefficient (Wildman–Crippen LogP) is 3.07. The van der Waals surface area contributed by atoms with E-state index in [1.54, 1.807) is 0 Å². The fourth-order valence-corrected chi connectivity index (χ4v) is 3.00. The average molecular weight is 271 g/mol. The number of hydrogen-bond donors (Lipinski definition) is 1. The summed E-state index contributed by atoms with van der Waals surface area (Å²) in [6.45, 7) is 2.73. The van der Waals surface area contributed by atoms with Crippen molar-refractivity contribution in [2.75, 3.05) is 6.54 Å². The van der Waals surface area contributed by atoms with Gasteiger partial charge in [-0.1, -0.05) is 49.2 Å². The summed E-state index contributed by atoms with van der Waals surface area (Å²) in [5.41, 5.74) is 8.18. The van der Waals surface area contributed by atoms with Gasteiger partial charge in [0.25, 0.3) is 0 Å². The molecule has 0 unspecified atom stereocenters. The fourth-order valence-electron chi connectivity index (χ4n) is 3.00. The Morgan fingerprint density at radius 2 is 1.90 bits per heavy atom. The minimum atomic E-state index is -0.0887. The second-order valence-electron chi connectivity index (χ2n) is 5.67. The topological polar surface area (TPSA) is 64.9 Å². The van der Waals surface area contributed by atoms with Gasteiger partial charge in [0.05, 0.1) is 5.41 Å². The number of aryl methyl sites for hydroxylation is 1. The molecule has 2 aromatic rings. The Bertz CT molecular complexity index is 568. The molecule has 4 heteroatoms. The van der Waals surface area contributed by atoms with E-state index in [-0.39, 0.29) is 5.41 Å². The van der Waals surface area contributed by atoms with Crippen LogP contribution in [-0.4, -0.2) is 16.7 Å². The standard InChI is InChI=1S/C16H21N3O/c1-2-12-5-7-13(8-6-12)14-18-15(20-19-14)16(11-17)9-3-4-10-16/h5-8H,2-4,9-11,17H2,1H3. The molecule has 1 aliphatic carbocycles. The SMILES string of the molecule is CCc1ccc(-c2noc(C3(CN)CCCC3)n2)cc1. The molecule has 1 fully saturated rings. The zero-order valence-corrected chi connectivity index (χ0v) is 11.9. The lowest BCUT2D eigenvalue weighted by atomic mass is 9.86. The van der Waals surface area contributed by atoms with Crippen molar-refractivity contribution in [3.05, 3.63) is 35.7 Å². The van der Waals surface area contributed by atoms with Crippen molar-refractivity contribution in [1.82, 2.24) is 10.1 Å². The summed E-state index contributed by atoms with van der Waals surface area (Å²) in [7, 11) is 0. The summed E-state index contributed by atoms with van der Waals surface area (Å²) < 4.78 is 5.51. The highest BCUT2D eigenvalue weighted by atomic mass is 16.5. The molecule has 4 nitrogen and oxygen atoms in total. The smallest absolute Gasteiger partial charge is 0.234 e. The Hall–Kier alpha value is -1.68. The van der Waals surface area contributed by atoms with Crippen LogP contribution in [-0.2, 0) is 11.8 Å².